The number of fused-ring (bicyclic) bond motifs is 1. The number of ether oxygens (including phenoxy) is 1. The van der Waals surface area contributed by atoms with Gasteiger partial charge in [-0.05, 0) is 29.3 Å². The molecule has 0 radical (unpaired) electrons. The summed E-state index contributed by atoms with van der Waals surface area (Å²) in [6.07, 6.45) is 0.120. The van der Waals surface area contributed by atoms with Gasteiger partial charge >= 0.3 is 7.12 Å². The van der Waals surface area contributed by atoms with Crippen LogP contribution >= 0.6 is 11.3 Å². The molecule has 0 saturated carbocycles. The Labute approximate surface area is 180 Å². The first kappa shape index (κ1) is 21.1. The van der Waals surface area contributed by atoms with E-state index >= 15 is 0 Å². The van der Waals surface area contributed by atoms with Crippen LogP contribution in [0, 0.1) is 0 Å². The quantitative estimate of drug-likeness (QED) is 0.395. The molecule has 0 fully saturated rings. The van der Waals surface area contributed by atoms with Crippen LogP contribution in [0.1, 0.15) is 11.3 Å². The molecule has 0 aliphatic carbocycles. The molecule has 2 heterocycles. The minimum Gasteiger partial charge on any atom is -0.497 e. The van der Waals surface area contributed by atoms with E-state index in [9.17, 15) is 18.8 Å². The summed E-state index contributed by atoms with van der Waals surface area (Å²) in [7, 11) is 1.39. The van der Waals surface area contributed by atoms with Gasteiger partial charge in [0, 0.05) is 29.7 Å². The molecular weight excluding hydrogens is 425 g/mol. The van der Waals surface area contributed by atoms with E-state index in [1.165, 1.54) is 7.11 Å². The zero-order chi connectivity index (χ0) is 22.1. The first-order valence-electron chi connectivity index (χ1n) is 9.18. The maximum absolute atomic E-state index is 13.1. The van der Waals surface area contributed by atoms with Gasteiger partial charge in [0.1, 0.15) is 10.8 Å². The Kier molecular flexibility index (Phi) is 5.81. The molecule has 0 aliphatic rings. The normalized spacial score (nSPS) is 11.2. The van der Waals surface area contributed by atoms with Crippen molar-refractivity contribution in [3.63, 3.8) is 0 Å². The molecule has 2 aromatic heterocycles. The highest BCUT2D eigenvalue weighted by molar-refractivity contribution is 7.15. The Morgan fingerprint density at radius 1 is 1.13 bits per heavy atom. The second-order valence-electron chi connectivity index (χ2n) is 6.62. The van der Waals surface area contributed by atoms with Crippen LogP contribution in [0.3, 0.4) is 0 Å². The number of benzene rings is 2. The van der Waals surface area contributed by atoms with E-state index in [-0.39, 0.29) is 16.1 Å². The molecule has 7 nitrogen and oxygen atoms in total. The Bertz CT molecular complexity index is 1250. The van der Waals surface area contributed by atoms with Gasteiger partial charge in [0.25, 0.3) is 6.43 Å². The largest absolute Gasteiger partial charge is 0.497 e. The van der Waals surface area contributed by atoms with Gasteiger partial charge in [0.15, 0.2) is 0 Å². The van der Waals surface area contributed by atoms with Gasteiger partial charge in [0.05, 0.1) is 29.4 Å². The van der Waals surface area contributed by atoms with Crippen LogP contribution in [0.15, 0.2) is 42.7 Å². The number of anilines is 1. The molecular formula is C20H17BF2N4O3S. The van der Waals surface area contributed by atoms with E-state index in [0.29, 0.717) is 27.2 Å². The zero-order valence-corrected chi connectivity index (χ0v) is 17.3. The molecule has 0 amide bonds. The molecule has 0 atom stereocenters. The number of rotatable bonds is 6. The second kappa shape index (κ2) is 8.54. The average molecular weight is 442 g/mol. The molecule has 4 rings (SSSR count). The van der Waals surface area contributed by atoms with E-state index in [2.05, 4.69) is 20.5 Å². The van der Waals surface area contributed by atoms with E-state index in [1.807, 2.05) is 12.1 Å². The molecule has 0 saturated heterocycles. The lowest BCUT2D eigenvalue weighted by atomic mass is 9.77. The predicted molar refractivity (Wildman–Crippen MR) is 117 cm³/mol. The average Bonchev–Trinajstić information content (AvgIpc) is 3.27. The van der Waals surface area contributed by atoms with Crippen molar-refractivity contribution in [3.8, 4) is 27.4 Å². The molecule has 0 unspecified atom stereocenters. The molecule has 0 aliphatic heterocycles. The zero-order valence-electron chi connectivity index (χ0n) is 16.5. The van der Waals surface area contributed by atoms with Crippen LogP contribution < -0.4 is 15.5 Å². The molecule has 158 valence electrons. The Balaban J connectivity index is 1.96. The van der Waals surface area contributed by atoms with Crippen molar-refractivity contribution in [2.75, 3.05) is 19.5 Å². The third-order valence-electron chi connectivity index (χ3n) is 4.84. The Morgan fingerprint density at radius 3 is 2.58 bits per heavy atom. The fraction of sp³-hybridized carbons (Fsp3) is 0.150. The number of nitrogens with zero attached hydrogens (tertiary/aromatic N) is 3. The summed E-state index contributed by atoms with van der Waals surface area (Å²) in [4.78, 5) is 4.00. The lowest BCUT2D eigenvalue weighted by Gasteiger charge is -2.15. The summed E-state index contributed by atoms with van der Waals surface area (Å²) >= 11 is 0.866. The Morgan fingerprint density at radius 2 is 1.94 bits per heavy atom. The molecule has 31 heavy (non-hydrogen) atoms. The number of thiazole rings is 1. The maximum Gasteiger partial charge on any atom is 0.492 e. The van der Waals surface area contributed by atoms with Crippen LogP contribution in [0.4, 0.5) is 14.5 Å². The van der Waals surface area contributed by atoms with E-state index in [1.54, 1.807) is 31.4 Å². The molecule has 4 aromatic rings. The number of halogens is 2. The van der Waals surface area contributed by atoms with Gasteiger partial charge in [-0.3, -0.25) is 0 Å². The van der Waals surface area contributed by atoms with E-state index in [4.69, 9.17) is 4.74 Å². The van der Waals surface area contributed by atoms with Gasteiger partial charge in [-0.2, -0.15) is 10.2 Å². The van der Waals surface area contributed by atoms with Gasteiger partial charge in [-0.1, -0.05) is 12.1 Å². The van der Waals surface area contributed by atoms with Gasteiger partial charge in [0.2, 0.25) is 0 Å². The first-order valence-corrected chi connectivity index (χ1v) is 10.0. The molecule has 0 spiro atoms. The second-order valence-corrected chi connectivity index (χ2v) is 7.68. The fourth-order valence-electron chi connectivity index (χ4n) is 3.33. The van der Waals surface area contributed by atoms with Crippen LogP contribution in [0.5, 0.6) is 5.75 Å². The molecule has 0 bridgehead atoms. The molecule has 3 N–H and O–H groups in total. The fourth-order valence-corrected chi connectivity index (χ4v) is 4.13. The third kappa shape index (κ3) is 3.94. The standard InChI is InChI=1S/C20H17BF2N4O3S/c1-24-16-8-26-27-15-5-10(3-4-11(15)16)12-6-14(21(28)29)17(30-2)7-13(12)20-25-9-18(31-20)19(22)23/h3-9,19,28-29H,1-2H3,(H,24,27). The SMILES string of the molecule is CNc1cnnc2cc(-c3cc(B(O)O)c(OC)cc3-c3ncc(C(F)F)s3)ccc12. The van der Waals surface area contributed by atoms with Crippen molar-refractivity contribution >= 4 is 40.5 Å². The highest BCUT2D eigenvalue weighted by Gasteiger charge is 2.23. The van der Waals surface area contributed by atoms with Crippen molar-refractivity contribution in [2.45, 2.75) is 6.43 Å². The van der Waals surface area contributed by atoms with Gasteiger partial charge in [-0.15, -0.1) is 11.3 Å². The number of hydrogen-bond donors (Lipinski definition) is 3. The smallest absolute Gasteiger partial charge is 0.492 e. The minimum absolute atomic E-state index is 0.141. The summed E-state index contributed by atoms with van der Waals surface area (Å²) in [5, 5.41) is 32.1. The van der Waals surface area contributed by atoms with Crippen molar-refractivity contribution in [1.29, 1.82) is 0 Å². The minimum atomic E-state index is -2.63. The van der Waals surface area contributed by atoms with E-state index in [0.717, 1.165) is 28.6 Å². The summed E-state index contributed by atoms with van der Waals surface area (Å²) < 4.78 is 31.6. The molecule has 2 aromatic carbocycles. The highest BCUT2D eigenvalue weighted by Crippen LogP contribution is 2.39. The lowest BCUT2D eigenvalue weighted by Crippen LogP contribution is -2.31. The first-order chi connectivity index (χ1) is 14.9. The van der Waals surface area contributed by atoms with Crippen molar-refractivity contribution < 1.29 is 23.6 Å². The van der Waals surface area contributed by atoms with E-state index < -0.39 is 13.5 Å². The number of alkyl halides is 2. The van der Waals surface area contributed by atoms with Gasteiger partial charge in [-0.25, -0.2) is 13.8 Å². The van der Waals surface area contributed by atoms with Crippen LogP contribution in [0.25, 0.3) is 32.6 Å². The molecule has 11 heteroatoms. The summed E-state index contributed by atoms with van der Waals surface area (Å²) in [5.41, 5.74) is 3.34. The summed E-state index contributed by atoms with van der Waals surface area (Å²) in [6.45, 7) is 0. The lowest BCUT2D eigenvalue weighted by molar-refractivity contribution is 0.155. The summed E-state index contributed by atoms with van der Waals surface area (Å²) in [6, 6.07) is 8.62. The van der Waals surface area contributed by atoms with Crippen LogP contribution in [-0.4, -0.2) is 46.5 Å². The van der Waals surface area contributed by atoms with Crippen LogP contribution in [-0.2, 0) is 0 Å². The van der Waals surface area contributed by atoms with Gasteiger partial charge < -0.3 is 20.1 Å². The predicted octanol–water partition coefficient (Wildman–Crippen LogP) is 3.09. The number of hydrogen-bond acceptors (Lipinski definition) is 8. The summed E-state index contributed by atoms with van der Waals surface area (Å²) in [5.74, 6) is 0.209. The Hall–Kier alpha value is -3.15. The maximum atomic E-state index is 13.1. The number of nitrogens with one attached hydrogen (secondary N) is 1. The van der Waals surface area contributed by atoms with Crippen molar-refractivity contribution in [3.05, 3.63) is 47.6 Å². The van der Waals surface area contributed by atoms with Crippen molar-refractivity contribution in [1.82, 2.24) is 15.2 Å². The van der Waals surface area contributed by atoms with Crippen molar-refractivity contribution in [2.24, 2.45) is 0 Å². The highest BCUT2D eigenvalue weighted by atomic mass is 32.1. The monoisotopic (exact) mass is 442 g/mol. The third-order valence-corrected chi connectivity index (χ3v) is 5.88. The number of aromatic nitrogens is 3. The topological polar surface area (TPSA) is 100 Å². The van der Waals surface area contributed by atoms with Crippen LogP contribution in [0.2, 0.25) is 0 Å². The number of methoxy groups -OCH3 is 1.